The fourth-order valence-electron chi connectivity index (χ4n) is 2.53. The van der Waals surface area contributed by atoms with Crippen LogP contribution in [0.2, 0.25) is 0 Å². The fourth-order valence-corrected chi connectivity index (χ4v) is 2.53. The van der Waals surface area contributed by atoms with Crippen molar-refractivity contribution < 1.29 is 9.53 Å². The average Bonchev–Trinajstić information content (AvgIpc) is 3.24. The summed E-state index contributed by atoms with van der Waals surface area (Å²) < 4.78 is 7.65. The van der Waals surface area contributed by atoms with Crippen molar-refractivity contribution in [3.8, 4) is 0 Å². The molecule has 3 heterocycles. The van der Waals surface area contributed by atoms with E-state index in [0.717, 1.165) is 5.82 Å². The molecule has 0 unspecified atom stereocenters. The van der Waals surface area contributed by atoms with Gasteiger partial charge in [-0.3, -0.25) is 9.89 Å². The molecule has 2 aromatic heterocycles. The van der Waals surface area contributed by atoms with Crippen LogP contribution in [0, 0.1) is 0 Å². The molecule has 0 aromatic carbocycles. The van der Waals surface area contributed by atoms with Crippen molar-refractivity contribution in [3.05, 3.63) is 30.4 Å². The van der Waals surface area contributed by atoms with Crippen LogP contribution in [0.25, 0.3) is 0 Å². The summed E-state index contributed by atoms with van der Waals surface area (Å²) in [5, 5.41) is 7.14. The van der Waals surface area contributed by atoms with Gasteiger partial charge < -0.3 is 14.2 Å². The van der Waals surface area contributed by atoms with Gasteiger partial charge in [-0.2, -0.15) is 5.10 Å². The predicted molar refractivity (Wildman–Crippen MR) is 82.6 cm³/mol. The molecule has 23 heavy (non-hydrogen) atoms. The summed E-state index contributed by atoms with van der Waals surface area (Å²) in [6.45, 7) is 6.36. The van der Waals surface area contributed by atoms with E-state index >= 15 is 0 Å². The number of hydrogen-bond acceptors (Lipinski definition) is 5. The Hall–Kier alpha value is -2.22. The number of hydrogen-bond donors (Lipinski definition) is 1. The van der Waals surface area contributed by atoms with Crippen molar-refractivity contribution in [1.29, 1.82) is 0 Å². The van der Waals surface area contributed by atoms with E-state index in [1.54, 1.807) is 12.5 Å². The van der Waals surface area contributed by atoms with Crippen molar-refractivity contribution in [2.45, 2.75) is 38.8 Å². The molecule has 1 aliphatic heterocycles. The lowest BCUT2D eigenvalue weighted by atomic mass is 10.2. The van der Waals surface area contributed by atoms with E-state index in [1.165, 1.54) is 0 Å². The number of ether oxygens (including phenoxy) is 1. The number of aromatic nitrogens is 5. The fraction of sp³-hybridized carbons (Fsp3) is 0.600. The number of aryl methyl sites for hydroxylation is 1. The van der Waals surface area contributed by atoms with Crippen LogP contribution in [-0.2, 0) is 16.1 Å². The summed E-state index contributed by atoms with van der Waals surface area (Å²) in [7, 11) is 0. The van der Waals surface area contributed by atoms with Crippen LogP contribution in [0.3, 0.4) is 0 Å². The predicted octanol–water partition coefficient (Wildman–Crippen LogP) is 1.11. The van der Waals surface area contributed by atoms with Gasteiger partial charge in [0.1, 0.15) is 6.10 Å². The van der Waals surface area contributed by atoms with E-state index in [-0.39, 0.29) is 17.9 Å². The molecule has 1 N–H and O–H groups in total. The van der Waals surface area contributed by atoms with Crippen LogP contribution in [0.4, 0.5) is 0 Å². The number of carbonyl (C=O) groups excluding carboxylic acids is 1. The first-order valence-corrected chi connectivity index (χ1v) is 7.91. The summed E-state index contributed by atoms with van der Waals surface area (Å²) in [5.74, 6) is 1.85. The molecule has 2 aromatic rings. The molecule has 3 rings (SSSR count). The Bertz CT molecular complexity index is 636. The summed E-state index contributed by atoms with van der Waals surface area (Å²) in [5.41, 5.74) is 0. The van der Waals surface area contributed by atoms with Gasteiger partial charge in [0.25, 0.3) is 0 Å². The number of nitrogens with one attached hydrogen (secondary N) is 1. The Balaban J connectivity index is 1.57. The van der Waals surface area contributed by atoms with Crippen LogP contribution >= 0.6 is 0 Å². The van der Waals surface area contributed by atoms with Gasteiger partial charge in [0.2, 0.25) is 5.91 Å². The third kappa shape index (κ3) is 3.76. The van der Waals surface area contributed by atoms with Gasteiger partial charge in [-0.05, 0) is 0 Å². The Morgan fingerprint density at radius 1 is 1.52 bits per heavy atom. The highest BCUT2D eigenvalue weighted by Crippen LogP contribution is 2.21. The number of carbonyl (C=O) groups is 1. The number of imidazole rings is 1. The molecule has 1 atom stereocenters. The smallest absolute Gasteiger partial charge is 0.224 e. The lowest BCUT2D eigenvalue weighted by Crippen LogP contribution is -2.42. The number of amides is 1. The Labute approximate surface area is 134 Å². The second-order valence-corrected chi connectivity index (χ2v) is 5.98. The Kier molecular flexibility index (Phi) is 4.71. The van der Waals surface area contributed by atoms with Crippen molar-refractivity contribution >= 4 is 5.91 Å². The monoisotopic (exact) mass is 318 g/mol. The molecule has 124 valence electrons. The van der Waals surface area contributed by atoms with Crippen LogP contribution in [0.15, 0.2) is 18.7 Å². The summed E-state index contributed by atoms with van der Waals surface area (Å²) in [4.78, 5) is 22.7. The van der Waals surface area contributed by atoms with Crippen LogP contribution in [0.1, 0.15) is 43.9 Å². The first-order valence-electron chi connectivity index (χ1n) is 7.91. The van der Waals surface area contributed by atoms with E-state index in [9.17, 15) is 4.79 Å². The zero-order valence-corrected chi connectivity index (χ0v) is 13.5. The minimum absolute atomic E-state index is 0.121. The summed E-state index contributed by atoms with van der Waals surface area (Å²) in [6, 6.07) is 0. The zero-order chi connectivity index (χ0) is 16.2. The Morgan fingerprint density at radius 2 is 2.39 bits per heavy atom. The lowest BCUT2D eigenvalue weighted by molar-refractivity contribution is -0.139. The van der Waals surface area contributed by atoms with Crippen LogP contribution in [0.5, 0.6) is 0 Å². The molecular formula is C15H22N6O2. The normalized spacial score (nSPS) is 18.6. The third-order valence-corrected chi connectivity index (χ3v) is 3.90. The third-order valence-electron chi connectivity index (χ3n) is 3.90. The van der Waals surface area contributed by atoms with Crippen molar-refractivity contribution in [1.82, 2.24) is 29.6 Å². The average molecular weight is 318 g/mol. The maximum absolute atomic E-state index is 12.4. The number of H-pyrrole nitrogens is 1. The van der Waals surface area contributed by atoms with Crippen molar-refractivity contribution in [3.63, 3.8) is 0 Å². The molecule has 0 aliphatic carbocycles. The second kappa shape index (κ2) is 6.91. The van der Waals surface area contributed by atoms with Gasteiger partial charge in [0.05, 0.1) is 19.5 Å². The lowest BCUT2D eigenvalue weighted by Gasteiger charge is -2.32. The molecule has 8 heteroatoms. The molecular weight excluding hydrogens is 296 g/mol. The van der Waals surface area contributed by atoms with Crippen LogP contribution < -0.4 is 0 Å². The SMILES string of the molecule is CC(C)c1n[nH]c([C@H]2CN(C(=O)CCn3ccnc3)CCO2)n1. The van der Waals surface area contributed by atoms with E-state index < -0.39 is 0 Å². The van der Waals surface area contributed by atoms with E-state index in [2.05, 4.69) is 20.2 Å². The van der Waals surface area contributed by atoms with E-state index in [4.69, 9.17) is 4.74 Å². The quantitative estimate of drug-likeness (QED) is 0.892. The van der Waals surface area contributed by atoms with E-state index in [0.29, 0.717) is 38.5 Å². The van der Waals surface area contributed by atoms with Gasteiger partial charge in [-0.1, -0.05) is 13.8 Å². The molecule has 0 saturated carbocycles. The highest BCUT2D eigenvalue weighted by molar-refractivity contribution is 5.76. The maximum Gasteiger partial charge on any atom is 0.224 e. The number of aromatic amines is 1. The highest BCUT2D eigenvalue weighted by atomic mass is 16.5. The minimum atomic E-state index is -0.235. The molecule has 0 radical (unpaired) electrons. The van der Waals surface area contributed by atoms with Gasteiger partial charge in [0.15, 0.2) is 11.6 Å². The van der Waals surface area contributed by atoms with Gasteiger partial charge in [0, 0.05) is 37.8 Å². The molecule has 1 aliphatic rings. The van der Waals surface area contributed by atoms with Gasteiger partial charge in [-0.15, -0.1) is 0 Å². The number of morpholine rings is 1. The topological polar surface area (TPSA) is 88.9 Å². The molecule has 8 nitrogen and oxygen atoms in total. The van der Waals surface area contributed by atoms with Crippen molar-refractivity contribution in [2.24, 2.45) is 0 Å². The molecule has 1 fully saturated rings. The van der Waals surface area contributed by atoms with Crippen LogP contribution in [-0.4, -0.2) is 55.2 Å². The highest BCUT2D eigenvalue weighted by Gasteiger charge is 2.27. The first-order chi connectivity index (χ1) is 11.1. The zero-order valence-electron chi connectivity index (χ0n) is 13.5. The second-order valence-electron chi connectivity index (χ2n) is 5.98. The van der Waals surface area contributed by atoms with Crippen molar-refractivity contribution in [2.75, 3.05) is 19.7 Å². The Morgan fingerprint density at radius 3 is 3.09 bits per heavy atom. The molecule has 0 spiro atoms. The standard InChI is InChI=1S/C15H22N6O2/c1-11(2)14-17-15(19-18-14)12-9-21(7-8-23-12)13(22)3-5-20-6-4-16-10-20/h4,6,10-12H,3,5,7-9H2,1-2H3,(H,17,18,19)/t12-/m1/s1. The molecule has 1 saturated heterocycles. The first kappa shape index (κ1) is 15.7. The summed E-state index contributed by atoms with van der Waals surface area (Å²) >= 11 is 0. The molecule has 1 amide bonds. The maximum atomic E-state index is 12.4. The number of nitrogens with zero attached hydrogens (tertiary/aromatic N) is 5. The molecule has 0 bridgehead atoms. The van der Waals surface area contributed by atoms with Gasteiger partial charge in [-0.25, -0.2) is 9.97 Å². The van der Waals surface area contributed by atoms with Gasteiger partial charge >= 0.3 is 0 Å². The summed E-state index contributed by atoms with van der Waals surface area (Å²) in [6.07, 6.45) is 5.51. The van der Waals surface area contributed by atoms with E-state index in [1.807, 2.05) is 29.5 Å². The minimum Gasteiger partial charge on any atom is -0.367 e. The largest absolute Gasteiger partial charge is 0.367 e. The number of rotatable bonds is 5.